The monoisotopic (exact) mass is 375 g/mol. The molecule has 1 heterocycles. The normalized spacial score (nSPS) is 10.4. The Morgan fingerprint density at radius 2 is 2.04 bits per heavy atom. The van der Waals surface area contributed by atoms with Crippen LogP contribution in [0.4, 0.5) is 11.5 Å². The molecule has 0 spiro atoms. The number of pyridine rings is 1. The van der Waals surface area contributed by atoms with Gasteiger partial charge in [0.15, 0.2) is 0 Å². The van der Waals surface area contributed by atoms with Crippen LogP contribution >= 0.6 is 15.9 Å². The lowest BCUT2D eigenvalue weighted by atomic mass is 10.2. The van der Waals surface area contributed by atoms with Crippen LogP contribution in [-0.4, -0.2) is 17.4 Å². The van der Waals surface area contributed by atoms with E-state index in [4.69, 9.17) is 0 Å². The average Bonchev–Trinajstić information content (AvgIpc) is 2.55. The number of rotatable bonds is 7. The Morgan fingerprint density at radius 3 is 2.70 bits per heavy atom. The summed E-state index contributed by atoms with van der Waals surface area (Å²) in [5.74, 6) is 0.633. The van der Waals surface area contributed by atoms with Gasteiger partial charge in [-0.2, -0.15) is 0 Å². The van der Waals surface area contributed by atoms with Gasteiger partial charge in [0.1, 0.15) is 5.82 Å². The van der Waals surface area contributed by atoms with Gasteiger partial charge >= 0.3 is 0 Å². The first kappa shape index (κ1) is 17.5. The number of nitrogens with zero attached hydrogens (tertiary/aromatic N) is 1. The fourth-order valence-corrected chi connectivity index (χ4v) is 2.73. The van der Waals surface area contributed by atoms with Crippen LogP contribution in [0.1, 0.15) is 42.1 Å². The molecular formula is C18H22BrN3O. The number of benzene rings is 1. The highest BCUT2D eigenvalue weighted by Gasteiger charge is 2.06. The molecule has 122 valence electrons. The zero-order valence-corrected chi connectivity index (χ0v) is 15.1. The number of nitrogens with one attached hydrogen (secondary N) is 2. The van der Waals surface area contributed by atoms with Gasteiger partial charge in [-0.15, -0.1) is 0 Å². The van der Waals surface area contributed by atoms with Gasteiger partial charge in [-0.3, -0.25) is 4.79 Å². The minimum absolute atomic E-state index is 0.0725. The van der Waals surface area contributed by atoms with E-state index in [1.807, 2.05) is 31.2 Å². The second-order valence-corrected chi connectivity index (χ2v) is 6.36. The van der Waals surface area contributed by atoms with Crippen molar-refractivity contribution in [3.63, 3.8) is 0 Å². The van der Waals surface area contributed by atoms with E-state index in [2.05, 4.69) is 38.5 Å². The predicted octanol–water partition coefficient (Wildman–Crippen LogP) is 4.82. The van der Waals surface area contributed by atoms with Crippen molar-refractivity contribution < 1.29 is 4.79 Å². The third-order valence-corrected chi connectivity index (χ3v) is 4.13. The van der Waals surface area contributed by atoms with Crippen molar-refractivity contribution in [2.24, 2.45) is 0 Å². The lowest BCUT2D eigenvalue weighted by Gasteiger charge is -2.09. The highest BCUT2D eigenvalue weighted by Crippen LogP contribution is 2.26. The molecule has 0 fully saturated rings. The zero-order chi connectivity index (χ0) is 16.7. The molecule has 5 heteroatoms. The molecule has 1 aromatic heterocycles. The SMILES string of the molecule is CCCCCNC(=O)c1ccc(Nc2ccc(C)cc2Br)nc1. The Kier molecular flexibility index (Phi) is 6.59. The number of aromatic nitrogens is 1. The molecule has 1 aromatic carbocycles. The van der Waals surface area contributed by atoms with E-state index < -0.39 is 0 Å². The van der Waals surface area contributed by atoms with E-state index in [0.717, 1.165) is 29.4 Å². The number of unbranched alkanes of at least 4 members (excludes halogenated alkanes) is 2. The molecule has 0 saturated carbocycles. The van der Waals surface area contributed by atoms with Gasteiger partial charge in [-0.05, 0) is 59.1 Å². The van der Waals surface area contributed by atoms with Crippen LogP contribution in [0.25, 0.3) is 0 Å². The quantitative estimate of drug-likeness (QED) is 0.682. The third kappa shape index (κ3) is 5.36. The standard InChI is InChI=1S/C18H22BrN3O/c1-3-4-5-10-20-18(23)14-7-9-17(21-12-14)22-16-8-6-13(2)11-15(16)19/h6-9,11-12H,3-5,10H2,1-2H3,(H,20,23)(H,21,22). The molecule has 2 aromatic rings. The van der Waals surface area contributed by atoms with Crippen molar-refractivity contribution >= 4 is 33.3 Å². The molecular weight excluding hydrogens is 354 g/mol. The van der Waals surface area contributed by atoms with Crippen LogP contribution in [0, 0.1) is 6.92 Å². The maximum atomic E-state index is 12.0. The molecule has 0 radical (unpaired) electrons. The molecule has 0 bridgehead atoms. The van der Waals surface area contributed by atoms with Crippen molar-refractivity contribution in [2.45, 2.75) is 33.1 Å². The number of aryl methyl sites for hydroxylation is 1. The third-order valence-electron chi connectivity index (χ3n) is 3.48. The summed E-state index contributed by atoms with van der Waals surface area (Å²) in [7, 11) is 0. The van der Waals surface area contributed by atoms with Gasteiger partial charge in [0.25, 0.3) is 5.91 Å². The predicted molar refractivity (Wildman–Crippen MR) is 98.3 cm³/mol. The first-order chi connectivity index (χ1) is 11.1. The second-order valence-electron chi connectivity index (χ2n) is 5.50. The Hall–Kier alpha value is -1.88. The summed E-state index contributed by atoms with van der Waals surface area (Å²) in [4.78, 5) is 16.3. The summed E-state index contributed by atoms with van der Waals surface area (Å²) >= 11 is 3.53. The summed E-state index contributed by atoms with van der Waals surface area (Å²) < 4.78 is 0.983. The Balaban J connectivity index is 1.95. The van der Waals surface area contributed by atoms with Gasteiger partial charge in [-0.25, -0.2) is 4.98 Å². The minimum Gasteiger partial charge on any atom is -0.352 e. The summed E-state index contributed by atoms with van der Waals surface area (Å²) in [5.41, 5.74) is 2.71. The Morgan fingerprint density at radius 1 is 1.22 bits per heavy atom. The van der Waals surface area contributed by atoms with Gasteiger partial charge in [0.05, 0.1) is 11.3 Å². The number of halogens is 1. The molecule has 0 atom stereocenters. The van der Waals surface area contributed by atoms with Crippen LogP contribution in [0.3, 0.4) is 0 Å². The van der Waals surface area contributed by atoms with Crippen LogP contribution in [0.15, 0.2) is 41.0 Å². The molecule has 0 unspecified atom stereocenters. The van der Waals surface area contributed by atoms with E-state index in [1.54, 1.807) is 12.3 Å². The summed E-state index contributed by atoms with van der Waals surface area (Å²) in [6.07, 6.45) is 4.88. The lowest BCUT2D eigenvalue weighted by molar-refractivity contribution is 0.0952. The average molecular weight is 376 g/mol. The molecule has 4 nitrogen and oxygen atoms in total. The molecule has 2 rings (SSSR count). The molecule has 0 aliphatic carbocycles. The topological polar surface area (TPSA) is 54.0 Å². The Bertz CT molecular complexity index is 656. The minimum atomic E-state index is -0.0725. The zero-order valence-electron chi connectivity index (χ0n) is 13.5. The summed E-state index contributed by atoms with van der Waals surface area (Å²) in [6, 6.07) is 9.67. The smallest absolute Gasteiger partial charge is 0.252 e. The summed E-state index contributed by atoms with van der Waals surface area (Å²) in [5, 5.41) is 6.15. The first-order valence-electron chi connectivity index (χ1n) is 7.87. The molecule has 2 N–H and O–H groups in total. The number of amides is 1. The van der Waals surface area contributed by atoms with Crippen molar-refractivity contribution in [3.8, 4) is 0 Å². The maximum Gasteiger partial charge on any atom is 0.252 e. The molecule has 23 heavy (non-hydrogen) atoms. The molecule has 0 aliphatic heterocycles. The molecule has 1 amide bonds. The number of carbonyl (C=O) groups is 1. The Labute approximate surface area is 145 Å². The number of hydrogen-bond donors (Lipinski definition) is 2. The fourth-order valence-electron chi connectivity index (χ4n) is 2.14. The fraction of sp³-hybridized carbons (Fsp3) is 0.333. The highest BCUT2D eigenvalue weighted by atomic mass is 79.9. The number of hydrogen-bond acceptors (Lipinski definition) is 3. The van der Waals surface area contributed by atoms with Crippen LogP contribution in [-0.2, 0) is 0 Å². The maximum absolute atomic E-state index is 12.0. The highest BCUT2D eigenvalue weighted by molar-refractivity contribution is 9.10. The van der Waals surface area contributed by atoms with E-state index in [1.165, 1.54) is 5.56 Å². The number of anilines is 2. The van der Waals surface area contributed by atoms with Gasteiger partial charge in [0.2, 0.25) is 0 Å². The first-order valence-corrected chi connectivity index (χ1v) is 8.67. The van der Waals surface area contributed by atoms with Gasteiger partial charge < -0.3 is 10.6 Å². The van der Waals surface area contributed by atoms with Crippen molar-refractivity contribution in [3.05, 3.63) is 52.1 Å². The van der Waals surface area contributed by atoms with E-state index in [9.17, 15) is 4.79 Å². The van der Waals surface area contributed by atoms with Crippen LogP contribution in [0.2, 0.25) is 0 Å². The van der Waals surface area contributed by atoms with Crippen molar-refractivity contribution in [1.82, 2.24) is 10.3 Å². The van der Waals surface area contributed by atoms with E-state index in [-0.39, 0.29) is 5.91 Å². The van der Waals surface area contributed by atoms with Gasteiger partial charge in [0, 0.05) is 17.2 Å². The summed E-state index contributed by atoms with van der Waals surface area (Å²) in [6.45, 7) is 4.90. The van der Waals surface area contributed by atoms with Crippen LogP contribution in [0.5, 0.6) is 0 Å². The molecule has 0 saturated heterocycles. The van der Waals surface area contributed by atoms with Crippen molar-refractivity contribution in [1.29, 1.82) is 0 Å². The van der Waals surface area contributed by atoms with Crippen molar-refractivity contribution in [2.75, 3.05) is 11.9 Å². The second kappa shape index (κ2) is 8.67. The van der Waals surface area contributed by atoms with Gasteiger partial charge in [-0.1, -0.05) is 25.8 Å². The van der Waals surface area contributed by atoms with E-state index >= 15 is 0 Å². The molecule has 0 aliphatic rings. The lowest BCUT2D eigenvalue weighted by Crippen LogP contribution is -2.24. The number of carbonyl (C=O) groups excluding carboxylic acids is 1. The van der Waals surface area contributed by atoms with Crippen LogP contribution < -0.4 is 10.6 Å². The van der Waals surface area contributed by atoms with E-state index in [0.29, 0.717) is 17.9 Å². The largest absolute Gasteiger partial charge is 0.352 e.